The predicted molar refractivity (Wildman–Crippen MR) is 92.2 cm³/mol. The van der Waals surface area contributed by atoms with E-state index in [1.807, 2.05) is 48.7 Å². The van der Waals surface area contributed by atoms with Gasteiger partial charge in [0.15, 0.2) is 0 Å². The summed E-state index contributed by atoms with van der Waals surface area (Å²) < 4.78 is 7.82. The summed E-state index contributed by atoms with van der Waals surface area (Å²) in [5.41, 5.74) is 2.59. The monoisotopic (exact) mass is 370 g/mol. The van der Waals surface area contributed by atoms with Crippen LogP contribution in [0.25, 0.3) is 11.4 Å². The van der Waals surface area contributed by atoms with E-state index in [0.29, 0.717) is 12.1 Å². The van der Waals surface area contributed by atoms with Crippen LogP contribution in [0.3, 0.4) is 0 Å². The van der Waals surface area contributed by atoms with Gasteiger partial charge in [-0.3, -0.25) is 0 Å². The number of carbonyl (C=O) groups excluding carboxylic acids is 1. The first-order chi connectivity index (χ1) is 11.2. The van der Waals surface area contributed by atoms with Crippen LogP contribution >= 0.6 is 15.9 Å². The molecule has 116 valence electrons. The Hall–Kier alpha value is -2.40. The Morgan fingerprint density at radius 2 is 2.04 bits per heavy atom. The fraction of sp³-hybridized carbons (Fsp3) is 0.111. The molecule has 0 aliphatic carbocycles. The number of hydrogen-bond acceptors (Lipinski definition) is 3. The van der Waals surface area contributed by atoms with Crippen molar-refractivity contribution < 1.29 is 9.53 Å². The summed E-state index contributed by atoms with van der Waals surface area (Å²) in [6.45, 7) is 0.626. The third-order valence-corrected chi connectivity index (χ3v) is 4.22. The number of aromatic nitrogens is 2. The summed E-state index contributed by atoms with van der Waals surface area (Å²) in [6.07, 6.45) is 3.71. The quantitative estimate of drug-likeness (QED) is 0.648. The van der Waals surface area contributed by atoms with Crippen molar-refractivity contribution in [2.45, 2.75) is 6.54 Å². The second-order valence-corrected chi connectivity index (χ2v) is 5.90. The van der Waals surface area contributed by atoms with E-state index >= 15 is 0 Å². The van der Waals surface area contributed by atoms with E-state index in [1.165, 1.54) is 7.11 Å². The second-order valence-electron chi connectivity index (χ2n) is 5.05. The summed E-state index contributed by atoms with van der Waals surface area (Å²) in [7, 11) is 1.38. The van der Waals surface area contributed by atoms with E-state index in [9.17, 15) is 4.79 Å². The predicted octanol–water partition coefficient (Wildman–Crippen LogP) is 4.15. The molecule has 0 spiro atoms. The molecule has 3 rings (SSSR count). The van der Waals surface area contributed by atoms with Gasteiger partial charge >= 0.3 is 5.97 Å². The molecule has 4 nitrogen and oxygen atoms in total. The first-order valence-electron chi connectivity index (χ1n) is 7.12. The molecule has 2 aromatic carbocycles. The summed E-state index contributed by atoms with van der Waals surface area (Å²) in [5.74, 6) is 0.546. The van der Waals surface area contributed by atoms with Crippen LogP contribution in [0.2, 0.25) is 0 Å². The van der Waals surface area contributed by atoms with E-state index in [-0.39, 0.29) is 5.97 Å². The number of hydrogen-bond donors (Lipinski definition) is 0. The Kier molecular flexibility index (Phi) is 4.57. The van der Waals surface area contributed by atoms with E-state index in [4.69, 9.17) is 4.74 Å². The average molecular weight is 371 g/mol. The Morgan fingerprint density at radius 1 is 1.22 bits per heavy atom. The minimum atomic E-state index is -0.330. The highest BCUT2D eigenvalue weighted by Crippen LogP contribution is 2.27. The molecule has 1 heterocycles. The highest BCUT2D eigenvalue weighted by Gasteiger charge is 2.11. The number of rotatable bonds is 4. The van der Waals surface area contributed by atoms with Gasteiger partial charge in [0, 0.05) is 29.0 Å². The Labute approximate surface area is 142 Å². The lowest BCUT2D eigenvalue weighted by Crippen LogP contribution is -2.05. The minimum Gasteiger partial charge on any atom is -0.465 e. The van der Waals surface area contributed by atoms with E-state index in [2.05, 4.69) is 25.5 Å². The van der Waals surface area contributed by atoms with E-state index in [0.717, 1.165) is 21.4 Å². The van der Waals surface area contributed by atoms with Crippen molar-refractivity contribution in [1.82, 2.24) is 9.55 Å². The number of esters is 1. The van der Waals surface area contributed by atoms with Crippen molar-refractivity contribution in [1.29, 1.82) is 0 Å². The zero-order valence-corrected chi connectivity index (χ0v) is 14.2. The van der Waals surface area contributed by atoms with Gasteiger partial charge in [-0.2, -0.15) is 0 Å². The van der Waals surface area contributed by atoms with Gasteiger partial charge in [0.2, 0.25) is 0 Å². The van der Waals surface area contributed by atoms with Crippen LogP contribution < -0.4 is 0 Å². The van der Waals surface area contributed by atoms with Crippen LogP contribution in [-0.4, -0.2) is 22.6 Å². The number of carbonyl (C=O) groups is 1. The number of ether oxygens (including phenoxy) is 1. The lowest BCUT2D eigenvalue weighted by atomic mass is 10.1. The molecular weight excluding hydrogens is 356 g/mol. The third kappa shape index (κ3) is 3.35. The summed E-state index contributed by atoms with van der Waals surface area (Å²) in [4.78, 5) is 16.1. The topological polar surface area (TPSA) is 44.1 Å². The molecule has 5 heteroatoms. The maximum absolute atomic E-state index is 11.7. The van der Waals surface area contributed by atoms with Gasteiger partial charge in [0.1, 0.15) is 5.82 Å². The molecule has 0 unspecified atom stereocenters. The first kappa shape index (κ1) is 15.5. The molecular formula is C18H15BrN2O2. The highest BCUT2D eigenvalue weighted by molar-refractivity contribution is 9.10. The Bertz CT molecular complexity index is 842. The van der Waals surface area contributed by atoms with Gasteiger partial charge in [-0.15, -0.1) is 0 Å². The van der Waals surface area contributed by atoms with Gasteiger partial charge in [0.25, 0.3) is 0 Å². The zero-order chi connectivity index (χ0) is 16.2. The van der Waals surface area contributed by atoms with Crippen molar-refractivity contribution in [3.05, 3.63) is 76.5 Å². The number of benzene rings is 2. The van der Waals surface area contributed by atoms with Crippen molar-refractivity contribution in [2.24, 2.45) is 0 Å². The lowest BCUT2D eigenvalue weighted by Gasteiger charge is -2.10. The van der Waals surface area contributed by atoms with Crippen LogP contribution in [0.5, 0.6) is 0 Å². The van der Waals surface area contributed by atoms with Crippen LogP contribution in [-0.2, 0) is 11.3 Å². The summed E-state index contributed by atoms with van der Waals surface area (Å²) in [5, 5.41) is 0. The molecule has 0 atom stereocenters. The molecule has 1 aromatic heterocycles. The largest absolute Gasteiger partial charge is 0.465 e. The summed E-state index contributed by atoms with van der Waals surface area (Å²) in [6, 6.07) is 15.4. The van der Waals surface area contributed by atoms with Gasteiger partial charge in [-0.25, -0.2) is 9.78 Å². The number of imidazole rings is 1. The maximum atomic E-state index is 11.7. The SMILES string of the molecule is COC(=O)c1cccc(Cn2ccnc2-c2ccccc2Br)c1. The molecule has 0 bridgehead atoms. The van der Waals surface area contributed by atoms with Gasteiger partial charge in [-0.05, 0) is 23.8 Å². The Morgan fingerprint density at radius 3 is 2.83 bits per heavy atom. The fourth-order valence-electron chi connectivity index (χ4n) is 2.43. The van der Waals surface area contributed by atoms with Crippen molar-refractivity contribution in [3.63, 3.8) is 0 Å². The fourth-order valence-corrected chi connectivity index (χ4v) is 2.90. The smallest absolute Gasteiger partial charge is 0.337 e. The van der Waals surface area contributed by atoms with Crippen LogP contribution in [0.15, 0.2) is 65.4 Å². The molecule has 0 amide bonds. The van der Waals surface area contributed by atoms with E-state index in [1.54, 1.807) is 12.3 Å². The number of methoxy groups -OCH3 is 1. The van der Waals surface area contributed by atoms with Crippen molar-refractivity contribution in [2.75, 3.05) is 7.11 Å². The molecule has 0 saturated heterocycles. The molecule has 0 radical (unpaired) electrons. The molecule has 0 saturated carbocycles. The molecule has 0 aliphatic rings. The van der Waals surface area contributed by atoms with Gasteiger partial charge in [0.05, 0.1) is 12.7 Å². The summed E-state index contributed by atoms with van der Waals surface area (Å²) >= 11 is 3.56. The molecule has 3 aromatic rings. The molecule has 0 aliphatic heterocycles. The Balaban J connectivity index is 1.92. The first-order valence-corrected chi connectivity index (χ1v) is 7.91. The molecule has 0 fully saturated rings. The van der Waals surface area contributed by atoms with E-state index < -0.39 is 0 Å². The minimum absolute atomic E-state index is 0.330. The van der Waals surface area contributed by atoms with Gasteiger partial charge < -0.3 is 9.30 Å². The molecule has 0 N–H and O–H groups in total. The van der Waals surface area contributed by atoms with Crippen LogP contribution in [0, 0.1) is 0 Å². The second kappa shape index (κ2) is 6.79. The number of nitrogens with zero attached hydrogens (tertiary/aromatic N) is 2. The lowest BCUT2D eigenvalue weighted by molar-refractivity contribution is 0.0600. The average Bonchev–Trinajstić information content (AvgIpc) is 3.02. The molecule has 23 heavy (non-hydrogen) atoms. The van der Waals surface area contributed by atoms with Crippen LogP contribution in [0.1, 0.15) is 15.9 Å². The third-order valence-electron chi connectivity index (χ3n) is 3.53. The normalized spacial score (nSPS) is 10.5. The zero-order valence-electron chi connectivity index (χ0n) is 12.6. The van der Waals surface area contributed by atoms with Crippen molar-refractivity contribution >= 4 is 21.9 Å². The van der Waals surface area contributed by atoms with Crippen molar-refractivity contribution in [3.8, 4) is 11.4 Å². The van der Waals surface area contributed by atoms with Gasteiger partial charge in [-0.1, -0.05) is 46.3 Å². The van der Waals surface area contributed by atoms with Crippen LogP contribution in [0.4, 0.5) is 0 Å². The standard InChI is InChI=1S/C18H15BrN2O2/c1-23-18(22)14-6-4-5-13(11-14)12-21-10-9-20-17(21)15-7-2-3-8-16(15)19/h2-11H,12H2,1H3. The maximum Gasteiger partial charge on any atom is 0.337 e. The highest BCUT2D eigenvalue weighted by atomic mass is 79.9. The number of halogens is 1.